The van der Waals surface area contributed by atoms with E-state index in [1.165, 1.54) is 31.2 Å². The van der Waals surface area contributed by atoms with E-state index in [1.54, 1.807) is 0 Å². The number of hydrogen-bond donors (Lipinski definition) is 2. The molecule has 0 radical (unpaired) electrons. The van der Waals surface area contributed by atoms with Crippen LogP contribution in [0.2, 0.25) is 0 Å². The van der Waals surface area contributed by atoms with Crippen LogP contribution in [0.1, 0.15) is 18.9 Å². The van der Waals surface area contributed by atoms with E-state index in [-0.39, 0.29) is 13.0 Å². The minimum Gasteiger partial charge on any atom is -0.480 e. The number of carboxylic acid groups (broad SMARTS) is 1. The molecule has 1 aromatic carbocycles. The van der Waals surface area contributed by atoms with Gasteiger partial charge in [0.05, 0.1) is 0 Å². The van der Waals surface area contributed by atoms with Crippen molar-refractivity contribution in [3.63, 3.8) is 0 Å². The van der Waals surface area contributed by atoms with E-state index in [2.05, 4.69) is 5.32 Å². The second-order valence-electron chi connectivity index (χ2n) is 6.20. The molecule has 2 N–H and O–H groups in total. The van der Waals surface area contributed by atoms with Crippen LogP contribution in [0.15, 0.2) is 24.3 Å². The van der Waals surface area contributed by atoms with Crippen molar-refractivity contribution >= 4 is 23.8 Å². The third-order valence-electron chi connectivity index (χ3n) is 4.55. The van der Waals surface area contributed by atoms with Gasteiger partial charge in [0.1, 0.15) is 23.9 Å². The van der Waals surface area contributed by atoms with Gasteiger partial charge in [0.15, 0.2) is 0 Å². The fourth-order valence-corrected chi connectivity index (χ4v) is 3.20. The van der Waals surface area contributed by atoms with Crippen LogP contribution in [-0.2, 0) is 19.9 Å². The van der Waals surface area contributed by atoms with Crippen LogP contribution in [-0.4, -0.2) is 57.9 Å². The molecule has 25 heavy (non-hydrogen) atoms. The number of rotatable bonds is 4. The van der Waals surface area contributed by atoms with Gasteiger partial charge in [-0.1, -0.05) is 12.1 Å². The lowest BCUT2D eigenvalue weighted by Crippen LogP contribution is -2.47. The first-order valence-corrected chi connectivity index (χ1v) is 7.66. The lowest BCUT2D eigenvalue weighted by atomic mass is 9.92. The molecule has 132 valence electrons. The molecule has 2 fully saturated rings. The summed E-state index contributed by atoms with van der Waals surface area (Å²) in [5, 5.41) is 11.4. The molecule has 2 saturated heterocycles. The Labute approximate surface area is 142 Å². The number of carbonyl (C=O) groups is 4. The second kappa shape index (κ2) is 5.83. The van der Waals surface area contributed by atoms with Gasteiger partial charge >= 0.3 is 12.0 Å². The molecule has 2 aliphatic rings. The Balaban J connectivity index is 1.86. The summed E-state index contributed by atoms with van der Waals surface area (Å²) in [5.41, 5.74) is -1.02. The first-order valence-electron chi connectivity index (χ1n) is 7.66. The SMILES string of the molecule is CC1(c2ccc(F)cc2)NC(=O)N(C2CCN(CC(=O)O)C2=O)C1=O. The van der Waals surface area contributed by atoms with Crippen LogP contribution in [0, 0.1) is 5.82 Å². The smallest absolute Gasteiger partial charge is 0.326 e. The molecule has 0 aromatic heterocycles. The van der Waals surface area contributed by atoms with Crippen LogP contribution >= 0.6 is 0 Å². The van der Waals surface area contributed by atoms with Gasteiger partial charge in [0, 0.05) is 6.54 Å². The van der Waals surface area contributed by atoms with Crippen molar-refractivity contribution in [2.45, 2.75) is 24.9 Å². The van der Waals surface area contributed by atoms with Crippen molar-refractivity contribution in [1.82, 2.24) is 15.1 Å². The zero-order valence-corrected chi connectivity index (χ0v) is 13.4. The molecular formula is C16H16FN3O5. The van der Waals surface area contributed by atoms with Crippen molar-refractivity contribution in [1.29, 1.82) is 0 Å². The number of amides is 4. The molecule has 2 atom stereocenters. The van der Waals surface area contributed by atoms with Crippen molar-refractivity contribution in [2.24, 2.45) is 0 Å². The van der Waals surface area contributed by atoms with Crippen LogP contribution in [0.4, 0.5) is 9.18 Å². The summed E-state index contributed by atoms with van der Waals surface area (Å²) in [7, 11) is 0. The highest BCUT2D eigenvalue weighted by Crippen LogP contribution is 2.32. The molecule has 2 unspecified atom stereocenters. The number of carboxylic acids is 1. The van der Waals surface area contributed by atoms with Crippen LogP contribution in [0.3, 0.4) is 0 Å². The molecule has 0 aliphatic carbocycles. The minimum absolute atomic E-state index is 0.153. The first-order chi connectivity index (χ1) is 11.7. The number of nitrogens with zero attached hydrogens (tertiary/aromatic N) is 2. The Morgan fingerprint density at radius 1 is 1.32 bits per heavy atom. The summed E-state index contributed by atoms with van der Waals surface area (Å²) in [6.07, 6.45) is 0.171. The Morgan fingerprint density at radius 2 is 1.96 bits per heavy atom. The number of benzene rings is 1. The van der Waals surface area contributed by atoms with E-state index >= 15 is 0 Å². The van der Waals surface area contributed by atoms with E-state index in [4.69, 9.17) is 5.11 Å². The largest absolute Gasteiger partial charge is 0.480 e. The highest BCUT2D eigenvalue weighted by atomic mass is 19.1. The van der Waals surface area contributed by atoms with Gasteiger partial charge in [-0.25, -0.2) is 14.1 Å². The predicted octanol–water partition coefficient (Wildman–Crippen LogP) is 0.278. The van der Waals surface area contributed by atoms with E-state index < -0.39 is 47.8 Å². The predicted molar refractivity (Wildman–Crippen MR) is 81.8 cm³/mol. The number of nitrogens with one attached hydrogen (secondary N) is 1. The van der Waals surface area contributed by atoms with Gasteiger partial charge < -0.3 is 15.3 Å². The lowest BCUT2D eigenvalue weighted by Gasteiger charge is -2.24. The highest BCUT2D eigenvalue weighted by Gasteiger charge is 2.54. The van der Waals surface area contributed by atoms with E-state index in [9.17, 15) is 23.6 Å². The molecule has 8 nitrogen and oxygen atoms in total. The van der Waals surface area contributed by atoms with E-state index in [1.807, 2.05) is 0 Å². The van der Waals surface area contributed by atoms with Gasteiger partial charge in [-0.3, -0.25) is 14.4 Å². The summed E-state index contributed by atoms with van der Waals surface area (Å²) in [4.78, 5) is 50.3. The minimum atomic E-state index is -1.41. The molecule has 2 aliphatic heterocycles. The number of carbonyl (C=O) groups excluding carboxylic acids is 3. The number of halogens is 1. The number of imide groups is 1. The standard InChI is InChI=1S/C16H16FN3O5/c1-16(9-2-4-10(17)5-3-9)14(24)20(15(25)18-16)11-6-7-19(13(11)23)8-12(21)22/h2-5,11H,6-8H2,1H3,(H,18,25)(H,21,22). The van der Waals surface area contributed by atoms with Gasteiger partial charge in [0.2, 0.25) is 5.91 Å². The summed E-state index contributed by atoms with van der Waals surface area (Å²) in [6, 6.07) is 3.38. The Kier molecular flexibility index (Phi) is 3.94. The maximum absolute atomic E-state index is 13.1. The van der Waals surface area contributed by atoms with Crippen molar-refractivity contribution < 1.29 is 28.7 Å². The van der Waals surface area contributed by atoms with Crippen LogP contribution < -0.4 is 5.32 Å². The van der Waals surface area contributed by atoms with E-state index in [0.29, 0.717) is 5.56 Å². The molecule has 0 saturated carbocycles. The number of urea groups is 1. The summed E-state index contributed by atoms with van der Waals surface area (Å²) in [6.45, 7) is 1.16. The van der Waals surface area contributed by atoms with Gasteiger partial charge in [0.25, 0.3) is 5.91 Å². The van der Waals surface area contributed by atoms with Gasteiger partial charge in [-0.2, -0.15) is 0 Å². The quantitative estimate of drug-likeness (QED) is 0.759. The maximum atomic E-state index is 13.1. The summed E-state index contributed by atoms with van der Waals surface area (Å²) < 4.78 is 13.1. The highest BCUT2D eigenvalue weighted by molar-refractivity contribution is 6.10. The summed E-state index contributed by atoms with van der Waals surface area (Å²) >= 11 is 0. The molecule has 1 aromatic rings. The first kappa shape index (κ1) is 16.9. The van der Waals surface area contributed by atoms with Crippen molar-refractivity contribution in [2.75, 3.05) is 13.1 Å². The Morgan fingerprint density at radius 3 is 2.56 bits per heavy atom. The molecule has 2 heterocycles. The summed E-state index contributed by atoms with van der Waals surface area (Å²) in [5.74, 6) is -2.84. The molecule has 0 spiro atoms. The Bertz CT molecular complexity index is 766. The van der Waals surface area contributed by atoms with E-state index in [0.717, 1.165) is 9.80 Å². The van der Waals surface area contributed by atoms with Gasteiger partial charge in [-0.15, -0.1) is 0 Å². The molecular weight excluding hydrogens is 333 g/mol. The normalized spacial score (nSPS) is 26.3. The van der Waals surface area contributed by atoms with Crippen molar-refractivity contribution in [3.05, 3.63) is 35.6 Å². The molecule has 4 amide bonds. The third-order valence-corrected chi connectivity index (χ3v) is 4.55. The average molecular weight is 349 g/mol. The lowest BCUT2D eigenvalue weighted by molar-refractivity contribution is -0.145. The third kappa shape index (κ3) is 2.71. The maximum Gasteiger partial charge on any atom is 0.326 e. The Hall–Kier alpha value is -2.97. The fourth-order valence-electron chi connectivity index (χ4n) is 3.20. The number of likely N-dealkylation sites (tertiary alicyclic amines) is 1. The van der Waals surface area contributed by atoms with Gasteiger partial charge in [-0.05, 0) is 31.0 Å². The van der Waals surface area contributed by atoms with Crippen LogP contribution in [0.25, 0.3) is 0 Å². The number of hydrogen-bond acceptors (Lipinski definition) is 4. The van der Waals surface area contributed by atoms with Crippen molar-refractivity contribution in [3.8, 4) is 0 Å². The fraction of sp³-hybridized carbons (Fsp3) is 0.375. The zero-order valence-electron chi connectivity index (χ0n) is 13.4. The second-order valence-corrected chi connectivity index (χ2v) is 6.20. The average Bonchev–Trinajstić information content (AvgIpc) is 2.99. The van der Waals surface area contributed by atoms with Crippen LogP contribution in [0.5, 0.6) is 0 Å². The topological polar surface area (TPSA) is 107 Å². The molecule has 0 bridgehead atoms. The molecule has 9 heteroatoms. The number of aliphatic carboxylic acids is 1. The molecule has 3 rings (SSSR count). The zero-order chi connectivity index (χ0) is 18.4. The monoisotopic (exact) mass is 349 g/mol.